The third-order valence-electron chi connectivity index (χ3n) is 4.11. The first kappa shape index (κ1) is 18.7. The van der Waals surface area contributed by atoms with E-state index in [1.807, 2.05) is 6.07 Å². The Hall–Kier alpha value is -2.64. The van der Waals surface area contributed by atoms with E-state index in [4.69, 9.17) is 4.74 Å². The molecule has 0 spiro atoms. The van der Waals surface area contributed by atoms with Crippen molar-refractivity contribution in [2.45, 2.75) is 57.2 Å². The number of aryl methyl sites for hydroxylation is 1. The molecule has 1 amide bonds. The summed E-state index contributed by atoms with van der Waals surface area (Å²) in [5, 5.41) is 23.4. The van der Waals surface area contributed by atoms with Crippen LogP contribution in [-0.4, -0.2) is 39.8 Å². The van der Waals surface area contributed by atoms with Gasteiger partial charge in [-0.15, -0.1) is 0 Å². The number of carbonyl (C=O) groups excluding carboxylic acids is 1. The van der Waals surface area contributed by atoms with Gasteiger partial charge in [0.05, 0.1) is 5.92 Å². The van der Waals surface area contributed by atoms with Crippen LogP contribution in [0.3, 0.4) is 0 Å². The summed E-state index contributed by atoms with van der Waals surface area (Å²) in [6, 6.07) is 4.48. The number of nitrogens with zero attached hydrogens (tertiary/aromatic N) is 1. The average molecular weight is 350 g/mol. The lowest BCUT2D eigenvalue weighted by molar-refractivity contribution is -0.529. The molecular weight excluding hydrogens is 328 g/mol. The van der Waals surface area contributed by atoms with Crippen LogP contribution in [0.4, 0.5) is 4.79 Å². The third-order valence-corrected chi connectivity index (χ3v) is 4.11. The first-order valence-electron chi connectivity index (χ1n) is 8.04. The van der Waals surface area contributed by atoms with E-state index in [2.05, 4.69) is 5.32 Å². The second-order valence-corrected chi connectivity index (χ2v) is 7.08. The van der Waals surface area contributed by atoms with Gasteiger partial charge in [0.15, 0.2) is 0 Å². The van der Waals surface area contributed by atoms with Gasteiger partial charge < -0.3 is 15.2 Å². The van der Waals surface area contributed by atoms with Crippen LogP contribution in [0.5, 0.6) is 0 Å². The van der Waals surface area contributed by atoms with Crippen LogP contribution in [0, 0.1) is 10.1 Å². The molecule has 0 aromatic heterocycles. The van der Waals surface area contributed by atoms with E-state index in [9.17, 15) is 24.8 Å². The molecule has 3 atom stereocenters. The fourth-order valence-corrected chi connectivity index (χ4v) is 3.16. The van der Waals surface area contributed by atoms with Crippen molar-refractivity contribution >= 4 is 12.1 Å². The van der Waals surface area contributed by atoms with Gasteiger partial charge in [-0.05, 0) is 38.3 Å². The minimum absolute atomic E-state index is 0.217. The molecule has 0 fully saturated rings. The molecule has 25 heavy (non-hydrogen) atoms. The van der Waals surface area contributed by atoms with Crippen LogP contribution in [0.15, 0.2) is 24.3 Å². The smallest absolute Gasteiger partial charge is 0.408 e. The van der Waals surface area contributed by atoms with Crippen molar-refractivity contribution in [1.82, 2.24) is 5.32 Å². The van der Waals surface area contributed by atoms with E-state index < -0.39 is 40.6 Å². The van der Waals surface area contributed by atoms with Crippen LogP contribution in [0.2, 0.25) is 0 Å². The van der Waals surface area contributed by atoms with Gasteiger partial charge in [-0.2, -0.15) is 0 Å². The minimum atomic E-state index is -1.45. The molecule has 3 unspecified atom stereocenters. The molecule has 2 rings (SSSR count). The van der Waals surface area contributed by atoms with Gasteiger partial charge in [0.1, 0.15) is 11.6 Å². The number of hydrogen-bond acceptors (Lipinski definition) is 5. The van der Waals surface area contributed by atoms with Gasteiger partial charge in [-0.1, -0.05) is 24.3 Å². The number of alkyl carbamates (subject to hydrolysis) is 1. The molecule has 0 radical (unpaired) electrons. The first-order valence-corrected chi connectivity index (χ1v) is 8.04. The van der Waals surface area contributed by atoms with Crippen LogP contribution < -0.4 is 5.32 Å². The Bertz CT molecular complexity index is 682. The van der Waals surface area contributed by atoms with E-state index in [0.717, 1.165) is 5.56 Å². The summed E-state index contributed by atoms with van der Waals surface area (Å²) in [7, 11) is 0. The maximum absolute atomic E-state index is 12.0. The number of carboxylic acid groups (broad SMARTS) is 1. The molecule has 2 N–H and O–H groups in total. The first-order chi connectivity index (χ1) is 11.6. The Morgan fingerprint density at radius 3 is 2.56 bits per heavy atom. The van der Waals surface area contributed by atoms with E-state index in [1.165, 1.54) is 0 Å². The molecule has 0 bridgehead atoms. The summed E-state index contributed by atoms with van der Waals surface area (Å²) in [5.74, 6) is -2.30. The zero-order valence-corrected chi connectivity index (χ0v) is 14.4. The number of hydrogen-bond donors (Lipinski definition) is 2. The quantitative estimate of drug-likeness (QED) is 0.635. The Morgan fingerprint density at radius 2 is 2.00 bits per heavy atom. The Kier molecular flexibility index (Phi) is 5.30. The summed E-state index contributed by atoms with van der Waals surface area (Å²) < 4.78 is 5.11. The number of amides is 1. The predicted molar refractivity (Wildman–Crippen MR) is 89.1 cm³/mol. The van der Waals surface area contributed by atoms with Gasteiger partial charge in [-0.3, -0.25) is 10.1 Å². The van der Waals surface area contributed by atoms with Gasteiger partial charge in [0.25, 0.3) is 0 Å². The molecule has 1 aliphatic carbocycles. The second kappa shape index (κ2) is 7.08. The molecule has 1 aromatic rings. The maximum Gasteiger partial charge on any atom is 0.408 e. The lowest BCUT2D eigenvalue weighted by Gasteiger charge is -2.32. The predicted octanol–water partition coefficient (Wildman–Crippen LogP) is 2.34. The Morgan fingerprint density at radius 1 is 1.36 bits per heavy atom. The summed E-state index contributed by atoms with van der Waals surface area (Å²) in [5.41, 5.74) is 0.641. The lowest BCUT2D eigenvalue weighted by Crippen LogP contribution is -2.52. The molecule has 0 saturated heterocycles. The molecule has 0 saturated carbocycles. The number of fused-ring (bicyclic) bond motifs is 1. The lowest BCUT2D eigenvalue weighted by atomic mass is 9.75. The number of benzene rings is 1. The van der Waals surface area contributed by atoms with Crippen molar-refractivity contribution in [3.05, 3.63) is 45.5 Å². The summed E-state index contributed by atoms with van der Waals surface area (Å²) in [4.78, 5) is 34.8. The monoisotopic (exact) mass is 350 g/mol. The molecular formula is C17H22N2O6. The molecule has 8 nitrogen and oxygen atoms in total. The number of nitro groups is 1. The fourth-order valence-electron chi connectivity index (χ4n) is 3.16. The normalized spacial score (nSPS) is 20.9. The number of carboxylic acids is 1. The Balaban J connectivity index is 2.38. The highest BCUT2D eigenvalue weighted by Gasteiger charge is 2.46. The van der Waals surface area contributed by atoms with Gasteiger partial charge in [-0.25, -0.2) is 9.59 Å². The van der Waals surface area contributed by atoms with Crippen molar-refractivity contribution in [2.75, 3.05) is 0 Å². The topological polar surface area (TPSA) is 119 Å². The number of rotatable bonds is 4. The standard InChI is InChI=1S/C17H22N2O6/c1-17(2,3)25-16(22)18-14(15(20)21)13-11-7-5-4-6-10(11)8-9-12(13)19(23)24/h4-7,12-14H,8-9H2,1-3H3,(H,18,22)(H,20,21). The van der Waals surface area contributed by atoms with Crippen molar-refractivity contribution in [3.8, 4) is 0 Å². The van der Waals surface area contributed by atoms with E-state index in [1.54, 1.807) is 39.0 Å². The fraction of sp³-hybridized carbons (Fsp3) is 0.529. The summed E-state index contributed by atoms with van der Waals surface area (Å²) >= 11 is 0. The van der Waals surface area contributed by atoms with Crippen LogP contribution in [-0.2, 0) is 16.0 Å². The highest BCUT2D eigenvalue weighted by atomic mass is 16.6. The largest absolute Gasteiger partial charge is 0.480 e. The van der Waals surface area contributed by atoms with E-state index >= 15 is 0 Å². The highest BCUT2D eigenvalue weighted by molar-refractivity contribution is 5.81. The van der Waals surface area contributed by atoms with Crippen molar-refractivity contribution in [2.24, 2.45) is 0 Å². The van der Waals surface area contributed by atoms with Crippen molar-refractivity contribution in [3.63, 3.8) is 0 Å². The molecule has 1 aliphatic rings. The average Bonchev–Trinajstić information content (AvgIpc) is 2.49. The van der Waals surface area contributed by atoms with E-state index in [-0.39, 0.29) is 6.42 Å². The molecule has 136 valence electrons. The second-order valence-electron chi connectivity index (χ2n) is 7.08. The number of nitrogens with one attached hydrogen (secondary N) is 1. The zero-order chi connectivity index (χ0) is 18.8. The van der Waals surface area contributed by atoms with Crippen LogP contribution >= 0.6 is 0 Å². The van der Waals surface area contributed by atoms with Crippen LogP contribution in [0.25, 0.3) is 0 Å². The molecule has 0 heterocycles. The van der Waals surface area contributed by atoms with Crippen LogP contribution in [0.1, 0.15) is 44.2 Å². The Labute approximate surface area is 145 Å². The number of ether oxygens (including phenoxy) is 1. The number of carbonyl (C=O) groups is 2. The highest BCUT2D eigenvalue weighted by Crippen LogP contribution is 2.36. The van der Waals surface area contributed by atoms with Gasteiger partial charge >= 0.3 is 12.1 Å². The van der Waals surface area contributed by atoms with Crippen molar-refractivity contribution < 1.29 is 24.4 Å². The van der Waals surface area contributed by atoms with Crippen molar-refractivity contribution in [1.29, 1.82) is 0 Å². The number of aliphatic carboxylic acids is 1. The summed E-state index contributed by atoms with van der Waals surface area (Å²) in [6.07, 6.45) is -0.198. The summed E-state index contributed by atoms with van der Waals surface area (Å²) in [6.45, 7) is 4.95. The third kappa shape index (κ3) is 4.46. The van der Waals surface area contributed by atoms with Gasteiger partial charge in [0, 0.05) is 11.3 Å². The van der Waals surface area contributed by atoms with Gasteiger partial charge in [0.2, 0.25) is 6.04 Å². The SMILES string of the molecule is CC(C)(C)OC(=O)NC(C(=O)O)C1c2ccccc2CCC1[N+](=O)[O-]. The zero-order valence-electron chi connectivity index (χ0n) is 14.4. The molecule has 0 aliphatic heterocycles. The van der Waals surface area contributed by atoms with E-state index in [0.29, 0.717) is 12.0 Å². The minimum Gasteiger partial charge on any atom is -0.480 e. The molecule has 8 heteroatoms. The maximum atomic E-state index is 12.0. The molecule has 1 aromatic carbocycles.